The number of anilines is 3. The molecule has 0 aromatic heterocycles. The van der Waals surface area contributed by atoms with Gasteiger partial charge < -0.3 is 33.3 Å². The highest BCUT2D eigenvalue weighted by molar-refractivity contribution is 5.90. The van der Waals surface area contributed by atoms with Gasteiger partial charge in [-0.2, -0.15) is 0 Å². The van der Waals surface area contributed by atoms with Crippen LogP contribution in [-0.2, 0) is 44.7 Å². The van der Waals surface area contributed by atoms with Crippen molar-refractivity contribution in [2.45, 2.75) is 54.8 Å². The van der Waals surface area contributed by atoms with Gasteiger partial charge in [-0.25, -0.2) is 0 Å². The Morgan fingerprint density at radius 2 is 0.531 bits per heavy atom. The molecule has 7 nitrogen and oxygen atoms in total. The van der Waals surface area contributed by atoms with Crippen molar-refractivity contribution < 1.29 is 28.4 Å². The van der Waals surface area contributed by atoms with Crippen molar-refractivity contribution in [3.8, 4) is 33.4 Å². The molecule has 0 fully saturated rings. The fraction of sp³-hybridized carbons (Fsp3) is 0.368. The van der Waals surface area contributed by atoms with E-state index in [0.29, 0.717) is 39.6 Å². The van der Waals surface area contributed by atoms with Crippen molar-refractivity contribution in [3.63, 3.8) is 0 Å². The van der Waals surface area contributed by atoms with Crippen LogP contribution in [-0.4, -0.2) is 82.3 Å². The van der Waals surface area contributed by atoms with E-state index < -0.39 is 0 Å². The average molecular weight is 858 g/mol. The summed E-state index contributed by atoms with van der Waals surface area (Å²) in [5.41, 5.74) is 18.1. The van der Waals surface area contributed by atoms with Crippen LogP contribution in [0.1, 0.15) is 71.9 Å². The third-order valence-electron chi connectivity index (χ3n) is 14.9. The van der Waals surface area contributed by atoms with Crippen LogP contribution in [0.4, 0.5) is 17.1 Å². The van der Waals surface area contributed by atoms with Crippen LogP contribution in [0.2, 0.25) is 0 Å². The molecule has 0 spiro atoms. The Morgan fingerprint density at radius 1 is 0.297 bits per heavy atom. The number of fused-ring (bicyclic) bond motifs is 9. The number of ether oxygens (including phenoxy) is 6. The van der Waals surface area contributed by atoms with Gasteiger partial charge in [-0.3, -0.25) is 0 Å². The molecule has 6 aromatic carbocycles. The smallest absolute Gasteiger partial charge is 0.0474 e. The zero-order chi connectivity index (χ0) is 44.3. The van der Waals surface area contributed by atoms with Crippen molar-refractivity contribution in [2.75, 3.05) is 87.2 Å². The normalized spacial score (nSPS) is 15.3. The molecule has 64 heavy (non-hydrogen) atoms. The van der Waals surface area contributed by atoms with E-state index in [4.69, 9.17) is 28.4 Å². The summed E-state index contributed by atoms with van der Waals surface area (Å²) in [5, 5.41) is 0. The first-order valence-corrected chi connectivity index (χ1v) is 22.9. The molecule has 0 aliphatic heterocycles. The largest absolute Gasteiger partial charge is 0.385 e. The van der Waals surface area contributed by atoms with E-state index >= 15 is 0 Å². The third-order valence-corrected chi connectivity index (χ3v) is 14.9. The quantitative estimate of drug-likeness (QED) is 0.0714. The van der Waals surface area contributed by atoms with Crippen LogP contribution in [0.15, 0.2) is 127 Å². The second kappa shape index (κ2) is 18.8. The molecule has 3 aliphatic carbocycles. The topological polar surface area (TPSA) is 58.6 Å². The first-order valence-electron chi connectivity index (χ1n) is 22.9. The third kappa shape index (κ3) is 7.22. The fourth-order valence-corrected chi connectivity index (χ4v) is 11.8. The Bertz CT molecular complexity index is 2290. The first-order chi connectivity index (χ1) is 31.4. The van der Waals surface area contributed by atoms with Gasteiger partial charge in [-0.1, -0.05) is 91.0 Å². The van der Waals surface area contributed by atoms with Crippen LogP contribution in [0.5, 0.6) is 0 Å². The number of hydrogen-bond donors (Lipinski definition) is 0. The van der Waals surface area contributed by atoms with Gasteiger partial charge >= 0.3 is 0 Å². The maximum Gasteiger partial charge on any atom is 0.0474 e. The lowest BCUT2D eigenvalue weighted by Gasteiger charge is -2.35. The van der Waals surface area contributed by atoms with Gasteiger partial charge in [-0.15, -0.1) is 0 Å². The highest BCUT2D eigenvalue weighted by Gasteiger charge is 2.46. The van der Waals surface area contributed by atoms with Crippen molar-refractivity contribution in [1.82, 2.24) is 0 Å². The zero-order valence-corrected chi connectivity index (χ0v) is 38.5. The monoisotopic (exact) mass is 857 g/mol. The van der Waals surface area contributed by atoms with Crippen molar-refractivity contribution in [2.24, 2.45) is 0 Å². The summed E-state index contributed by atoms with van der Waals surface area (Å²) in [7, 11) is 10.8. The van der Waals surface area contributed by atoms with E-state index in [2.05, 4.69) is 132 Å². The van der Waals surface area contributed by atoms with E-state index in [1.807, 2.05) is 0 Å². The number of methoxy groups -OCH3 is 6. The second-order valence-corrected chi connectivity index (χ2v) is 17.9. The molecule has 0 heterocycles. The van der Waals surface area contributed by atoms with Gasteiger partial charge in [0.1, 0.15) is 0 Å². The van der Waals surface area contributed by atoms with E-state index in [0.717, 1.165) is 55.6 Å². The van der Waals surface area contributed by atoms with E-state index in [1.54, 1.807) is 42.7 Å². The van der Waals surface area contributed by atoms with Crippen LogP contribution >= 0.6 is 0 Å². The molecular formula is C57H63NO6. The van der Waals surface area contributed by atoms with E-state index in [1.165, 1.54) is 66.8 Å². The zero-order valence-electron chi connectivity index (χ0n) is 38.5. The van der Waals surface area contributed by atoms with Gasteiger partial charge in [0.05, 0.1) is 0 Å². The van der Waals surface area contributed by atoms with E-state index in [-0.39, 0.29) is 16.2 Å². The van der Waals surface area contributed by atoms with Crippen LogP contribution in [0.25, 0.3) is 33.4 Å². The van der Waals surface area contributed by atoms with Crippen LogP contribution in [0.3, 0.4) is 0 Å². The lowest BCUT2D eigenvalue weighted by atomic mass is 9.72. The molecule has 0 radical (unpaired) electrons. The molecule has 0 atom stereocenters. The maximum absolute atomic E-state index is 5.86. The molecule has 0 N–H and O–H groups in total. The predicted octanol–water partition coefficient (Wildman–Crippen LogP) is 12.2. The molecule has 0 unspecified atom stereocenters. The Kier molecular flexibility index (Phi) is 12.9. The summed E-state index contributed by atoms with van der Waals surface area (Å²) < 4.78 is 35.1. The number of nitrogens with zero attached hydrogens (tertiary/aromatic N) is 1. The minimum absolute atomic E-state index is 0.288. The summed E-state index contributed by atoms with van der Waals surface area (Å²) in [6.07, 6.45) is 5.07. The first kappa shape index (κ1) is 44.1. The van der Waals surface area contributed by atoms with Crippen LogP contribution < -0.4 is 4.90 Å². The maximum atomic E-state index is 5.86. The lowest BCUT2D eigenvalue weighted by Crippen LogP contribution is -2.30. The number of rotatable bonds is 21. The molecule has 6 aromatic rings. The van der Waals surface area contributed by atoms with E-state index in [9.17, 15) is 0 Å². The van der Waals surface area contributed by atoms with Crippen LogP contribution in [0, 0.1) is 0 Å². The summed E-state index contributed by atoms with van der Waals surface area (Å²) in [6.45, 7) is 3.82. The van der Waals surface area contributed by atoms with Crippen molar-refractivity contribution >= 4 is 17.1 Å². The number of hydrogen-bond acceptors (Lipinski definition) is 7. The highest BCUT2D eigenvalue weighted by atomic mass is 16.5. The molecule has 332 valence electrons. The predicted molar refractivity (Wildman–Crippen MR) is 259 cm³/mol. The average Bonchev–Trinajstić information content (AvgIpc) is 3.89. The molecular weight excluding hydrogens is 795 g/mol. The molecule has 0 saturated heterocycles. The molecule has 0 amide bonds. The Hall–Kier alpha value is -5.12. The van der Waals surface area contributed by atoms with Gasteiger partial charge in [-0.05, 0) is 142 Å². The van der Waals surface area contributed by atoms with Gasteiger partial charge in [0, 0.05) is 116 Å². The minimum Gasteiger partial charge on any atom is -0.385 e. The fourth-order valence-electron chi connectivity index (χ4n) is 11.8. The van der Waals surface area contributed by atoms with Crippen molar-refractivity contribution in [1.29, 1.82) is 0 Å². The Morgan fingerprint density at radius 3 is 0.781 bits per heavy atom. The van der Waals surface area contributed by atoms with Gasteiger partial charge in [0.25, 0.3) is 0 Å². The molecule has 0 bridgehead atoms. The van der Waals surface area contributed by atoms with Gasteiger partial charge in [0.2, 0.25) is 0 Å². The Balaban J connectivity index is 1.30. The summed E-state index contributed by atoms with van der Waals surface area (Å²) in [4.78, 5) is 2.50. The van der Waals surface area contributed by atoms with Crippen molar-refractivity contribution in [3.05, 3.63) is 161 Å². The standard InChI is InChI=1S/C57H63NO6/c1-59-31-25-55(26-32-60-2)49-16-10-7-13-43(49)46-22-19-40(37-52(46)55)58(41-20-23-47-44-14-8-11-17-50(44)56(27-33-61-3,28-34-62-4)53(47)38-41)42-21-24-48-45-15-9-12-18-51(45)57(29-35-63-5,30-36-64-6)54(48)39-42/h7-24,37-39H,25-36H2,1-6H3. The Labute approximate surface area is 380 Å². The molecule has 7 heteroatoms. The molecule has 9 rings (SSSR count). The highest BCUT2D eigenvalue weighted by Crippen LogP contribution is 2.58. The summed E-state index contributed by atoms with van der Waals surface area (Å²) in [6, 6.07) is 48.3. The minimum atomic E-state index is -0.288. The lowest BCUT2D eigenvalue weighted by molar-refractivity contribution is 0.145. The SMILES string of the molecule is COCCC1(CCOC)c2ccccc2-c2ccc(N(c3ccc4c(c3)C(CCOC)(CCOC)c3ccccc3-4)c3ccc4c(c3)C(CCOC)(CCOC)c3ccccc3-4)cc21. The summed E-state index contributed by atoms with van der Waals surface area (Å²) in [5.74, 6) is 0. The van der Waals surface area contributed by atoms with Gasteiger partial charge in [0.15, 0.2) is 0 Å². The molecule has 3 aliphatic rings. The summed E-state index contributed by atoms with van der Waals surface area (Å²) >= 11 is 0. The molecule has 0 saturated carbocycles. The second-order valence-electron chi connectivity index (χ2n) is 17.9. The number of benzene rings is 6.